The number of nitrogens with zero attached hydrogens (tertiary/aromatic N) is 1. The lowest BCUT2D eigenvalue weighted by atomic mass is 10.1. The molecular formula is C12H13NO2. The quantitative estimate of drug-likeness (QED) is 0.774. The Bertz CT molecular complexity index is 521. The van der Waals surface area contributed by atoms with Gasteiger partial charge in [0.2, 0.25) is 0 Å². The smallest absolute Gasteiger partial charge is 0.145 e. The summed E-state index contributed by atoms with van der Waals surface area (Å²) in [5, 5.41) is 10.5. The summed E-state index contributed by atoms with van der Waals surface area (Å²) in [4.78, 5) is 4.38. The summed E-state index contributed by atoms with van der Waals surface area (Å²) in [5.41, 5.74) is 2.65. The van der Waals surface area contributed by atoms with Crippen LogP contribution in [-0.2, 0) is 0 Å². The molecule has 0 radical (unpaired) electrons. The molecule has 1 aromatic carbocycles. The maximum Gasteiger partial charge on any atom is 0.145 e. The molecule has 1 aromatic heterocycles. The number of benzene rings is 1. The van der Waals surface area contributed by atoms with Crippen LogP contribution in [0.5, 0.6) is 11.5 Å². The maximum absolute atomic E-state index is 9.77. The number of methoxy groups -OCH3 is 1. The zero-order valence-electron chi connectivity index (χ0n) is 9.03. The van der Waals surface area contributed by atoms with Gasteiger partial charge in [-0.3, -0.25) is 0 Å². The summed E-state index contributed by atoms with van der Waals surface area (Å²) in [5.74, 6) is 0.936. The van der Waals surface area contributed by atoms with Gasteiger partial charge in [-0.1, -0.05) is 0 Å². The molecule has 3 nitrogen and oxygen atoms in total. The summed E-state index contributed by atoms with van der Waals surface area (Å²) in [6.07, 6.45) is 0. The second-order valence-electron chi connectivity index (χ2n) is 3.59. The van der Waals surface area contributed by atoms with Crippen LogP contribution in [0.2, 0.25) is 0 Å². The van der Waals surface area contributed by atoms with Crippen molar-refractivity contribution in [1.82, 2.24) is 4.98 Å². The molecular weight excluding hydrogens is 190 g/mol. The molecule has 0 aliphatic carbocycles. The molecule has 0 fully saturated rings. The molecule has 0 aliphatic rings. The van der Waals surface area contributed by atoms with Crippen molar-refractivity contribution in [3.63, 3.8) is 0 Å². The van der Waals surface area contributed by atoms with Crippen molar-refractivity contribution in [3.05, 3.63) is 29.5 Å². The zero-order chi connectivity index (χ0) is 11.0. The van der Waals surface area contributed by atoms with Gasteiger partial charge in [0, 0.05) is 11.1 Å². The SMILES string of the molecule is COc1ccc(O)c2c(C)cc(C)nc12. The molecule has 2 rings (SSSR count). The van der Waals surface area contributed by atoms with Crippen LogP contribution >= 0.6 is 0 Å². The number of phenolic OH excluding ortho intramolecular Hbond substituents is 1. The summed E-state index contributed by atoms with van der Waals surface area (Å²) >= 11 is 0. The lowest BCUT2D eigenvalue weighted by molar-refractivity contribution is 0.417. The van der Waals surface area contributed by atoms with Gasteiger partial charge in [0.15, 0.2) is 0 Å². The average molecular weight is 203 g/mol. The van der Waals surface area contributed by atoms with E-state index in [0.29, 0.717) is 5.75 Å². The molecule has 0 spiro atoms. The lowest BCUT2D eigenvalue weighted by Crippen LogP contribution is -1.92. The number of pyridine rings is 1. The van der Waals surface area contributed by atoms with E-state index in [2.05, 4.69) is 4.98 Å². The Morgan fingerprint density at radius 2 is 2.00 bits per heavy atom. The summed E-state index contributed by atoms with van der Waals surface area (Å²) in [6, 6.07) is 5.30. The monoisotopic (exact) mass is 203 g/mol. The van der Waals surface area contributed by atoms with Crippen LogP contribution < -0.4 is 4.74 Å². The number of fused-ring (bicyclic) bond motifs is 1. The predicted molar refractivity (Wildman–Crippen MR) is 59.4 cm³/mol. The highest BCUT2D eigenvalue weighted by Crippen LogP contribution is 2.33. The fraction of sp³-hybridized carbons (Fsp3) is 0.250. The Balaban J connectivity index is 2.93. The minimum absolute atomic E-state index is 0.246. The Morgan fingerprint density at radius 3 is 2.67 bits per heavy atom. The Kier molecular flexibility index (Phi) is 2.23. The number of phenols is 1. The van der Waals surface area contributed by atoms with E-state index in [1.54, 1.807) is 19.2 Å². The van der Waals surface area contributed by atoms with E-state index in [1.807, 2.05) is 19.9 Å². The van der Waals surface area contributed by atoms with Crippen LogP contribution in [0.1, 0.15) is 11.3 Å². The molecule has 0 aliphatic heterocycles. The van der Waals surface area contributed by atoms with E-state index < -0.39 is 0 Å². The molecule has 0 saturated heterocycles. The Morgan fingerprint density at radius 1 is 1.27 bits per heavy atom. The lowest BCUT2D eigenvalue weighted by Gasteiger charge is -2.09. The van der Waals surface area contributed by atoms with Gasteiger partial charge in [0.25, 0.3) is 0 Å². The number of hydrogen-bond acceptors (Lipinski definition) is 3. The predicted octanol–water partition coefficient (Wildman–Crippen LogP) is 2.57. The molecule has 0 bridgehead atoms. The fourth-order valence-corrected chi connectivity index (χ4v) is 1.82. The topological polar surface area (TPSA) is 42.4 Å². The molecule has 0 unspecified atom stereocenters. The third kappa shape index (κ3) is 1.50. The van der Waals surface area contributed by atoms with Gasteiger partial charge in [-0.2, -0.15) is 0 Å². The van der Waals surface area contributed by atoms with Gasteiger partial charge < -0.3 is 9.84 Å². The first-order valence-corrected chi connectivity index (χ1v) is 4.77. The molecule has 1 N–H and O–H groups in total. The van der Waals surface area contributed by atoms with Crippen LogP contribution in [-0.4, -0.2) is 17.2 Å². The summed E-state index contributed by atoms with van der Waals surface area (Å²) < 4.78 is 5.22. The van der Waals surface area contributed by atoms with E-state index in [1.165, 1.54) is 0 Å². The van der Waals surface area contributed by atoms with Gasteiger partial charge >= 0.3 is 0 Å². The number of ether oxygens (including phenoxy) is 1. The minimum Gasteiger partial charge on any atom is -0.507 e. The molecule has 3 heteroatoms. The summed E-state index contributed by atoms with van der Waals surface area (Å²) in [6.45, 7) is 3.88. The zero-order valence-corrected chi connectivity index (χ0v) is 9.03. The van der Waals surface area contributed by atoms with Crippen molar-refractivity contribution in [3.8, 4) is 11.5 Å². The summed E-state index contributed by atoms with van der Waals surface area (Å²) in [7, 11) is 1.60. The second kappa shape index (κ2) is 3.42. The first kappa shape index (κ1) is 9.77. The van der Waals surface area contributed by atoms with Crippen molar-refractivity contribution >= 4 is 10.9 Å². The largest absolute Gasteiger partial charge is 0.507 e. The van der Waals surface area contributed by atoms with Gasteiger partial charge in [0.1, 0.15) is 17.0 Å². The van der Waals surface area contributed by atoms with E-state index in [0.717, 1.165) is 22.2 Å². The van der Waals surface area contributed by atoms with Crippen molar-refractivity contribution in [2.45, 2.75) is 13.8 Å². The molecule has 0 atom stereocenters. The van der Waals surface area contributed by atoms with Gasteiger partial charge in [-0.25, -0.2) is 4.98 Å². The first-order chi connectivity index (χ1) is 7.13. The van der Waals surface area contributed by atoms with Crippen LogP contribution in [0, 0.1) is 13.8 Å². The highest BCUT2D eigenvalue weighted by molar-refractivity contribution is 5.92. The van der Waals surface area contributed by atoms with Crippen molar-refractivity contribution in [2.75, 3.05) is 7.11 Å². The first-order valence-electron chi connectivity index (χ1n) is 4.77. The van der Waals surface area contributed by atoms with Crippen LogP contribution in [0.15, 0.2) is 18.2 Å². The molecule has 15 heavy (non-hydrogen) atoms. The molecule has 78 valence electrons. The van der Waals surface area contributed by atoms with Crippen LogP contribution in [0.4, 0.5) is 0 Å². The molecule has 0 saturated carbocycles. The van der Waals surface area contributed by atoms with E-state index >= 15 is 0 Å². The number of aromatic hydroxyl groups is 1. The van der Waals surface area contributed by atoms with E-state index in [9.17, 15) is 5.11 Å². The molecule has 2 aromatic rings. The number of hydrogen-bond donors (Lipinski definition) is 1. The van der Waals surface area contributed by atoms with Crippen molar-refractivity contribution in [1.29, 1.82) is 0 Å². The fourth-order valence-electron chi connectivity index (χ4n) is 1.82. The maximum atomic E-state index is 9.77. The van der Waals surface area contributed by atoms with Crippen LogP contribution in [0.25, 0.3) is 10.9 Å². The molecule has 0 amide bonds. The van der Waals surface area contributed by atoms with Crippen molar-refractivity contribution < 1.29 is 9.84 Å². The van der Waals surface area contributed by atoms with Gasteiger partial charge in [-0.15, -0.1) is 0 Å². The molecule has 1 heterocycles. The highest BCUT2D eigenvalue weighted by Gasteiger charge is 2.10. The van der Waals surface area contributed by atoms with Crippen molar-refractivity contribution in [2.24, 2.45) is 0 Å². The van der Waals surface area contributed by atoms with E-state index in [-0.39, 0.29) is 5.75 Å². The van der Waals surface area contributed by atoms with E-state index in [4.69, 9.17) is 4.74 Å². The van der Waals surface area contributed by atoms with Gasteiger partial charge in [-0.05, 0) is 37.6 Å². The number of rotatable bonds is 1. The highest BCUT2D eigenvalue weighted by atomic mass is 16.5. The minimum atomic E-state index is 0.246. The third-order valence-corrected chi connectivity index (χ3v) is 2.45. The standard InChI is InChI=1S/C12H13NO2/c1-7-6-8(2)13-12-10(15-3)5-4-9(14)11(7)12/h4-6,14H,1-3H3. The Hall–Kier alpha value is -1.77. The Labute approximate surface area is 88.3 Å². The number of aryl methyl sites for hydroxylation is 2. The number of aromatic nitrogens is 1. The normalized spacial score (nSPS) is 10.6. The van der Waals surface area contributed by atoms with Gasteiger partial charge in [0.05, 0.1) is 7.11 Å². The third-order valence-electron chi connectivity index (χ3n) is 2.45. The average Bonchev–Trinajstić information content (AvgIpc) is 2.17. The van der Waals surface area contributed by atoms with Crippen LogP contribution in [0.3, 0.4) is 0 Å². The second-order valence-corrected chi connectivity index (χ2v) is 3.59.